The number of halogens is 1. The van der Waals surface area contributed by atoms with E-state index in [2.05, 4.69) is 29.2 Å². The van der Waals surface area contributed by atoms with E-state index in [9.17, 15) is 9.50 Å². The maximum Gasteiger partial charge on any atom is 0.123 e. The quantitative estimate of drug-likeness (QED) is 0.923. The molecule has 1 fully saturated rings. The van der Waals surface area contributed by atoms with Crippen LogP contribution in [0.4, 0.5) is 4.39 Å². The summed E-state index contributed by atoms with van der Waals surface area (Å²) >= 11 is 0. The van der Waals surface area contributed by atoms with Crippen molar-refractivity contribution in [1.29, 1.82) is 0 Å². The van der Waals surface area contributed by atoms with Crippen molar-refractivity contribution in [3.05, 3.63) is 65.5 Å². The minimum absolute atomic E-state index is 0.176. The molecule has 1 aliphatic heterocycles. The van der Waals surface area contributed by atoms with E-state index in [1.54, 1.807) is 0 Å². The maximum absolute atomic E-state index is 13.2. The molecule has 1 unspecified atom stereocenters. The van der Waals surface area contributed by atoms with Crippen LogP contribution in [0.3, 0.4) is 0 Å². The van der Waals surface area contributed by atoms with Gasteiger partial charge in [-0.2, -0.15) is 0 Å². The molecular formula is C17H18FNO. The third kappa shape index (κ3) is 2.83. The number of nitrogens with zero attached hydrogens (tertiary/aromatic N) is 1. The molecule has 20 heavy (non-hydrogen) atoms. The SMILES string of the molecule is Oc1ccc(F)cc1CN1CCC(c2ccccc2)C1. The van der Waals surface area contributed by atoms with Gasteiger partial charge in [0.2, 0.25) is 0 Å². The second-order valence-corrected chi connectivity index (χ2v) is 5.40. The molecule has 1 atom stereocenters. The number of hydrogen-bond acceptors (Lipinski definition) is 2. The smallest absolute Gasteiger partial charge is 0.123 e. The molecule has 0 spiro atoms. The van der Waals surface area contributed by atoms with Crippen molar-refractivity contribution in [3.63, 3.8) is 0 Å². The van der Waals surface area contributed by atoms with Gasteiger partial charge in [-0.3, -0.25) is 4.90 Å². The average molecular weight is 271 g/mol. The molecule has 104 valence electrons. The van der Waals surface area contributed by atoms with E-state index >= 15 is 0 Å². The average Bonchev–Trinajstić information content (AvgIpc) is 2.92. The monoisotopic (exact) mass is 271 g/mol. The normalized spacial score (nSPS) is 19.4. The Morgan fingerprint density at radius 1 is 1.15 bits per heavy atom. The summed E-state index contributed by atoms with van der Waals surface area (Å²) in [5.41, 5.74) is 2.03. The number of phenols is 1. The first-order chi connectivity index (χ1) is 9.72. The Hall–Kier alpha value is -1.87. The van der Waals surface area contributed by atoms with Gasteiger partial charge in [0.15, 0.2) is 0 Å². The minimum atomic E-state index is -0.295. The van der Waals surface area contributed by atoms with E-state index in [1.165, 1.54) is 23.8 Å². The van der Waals surface area contributed by atoms with Gasteiger partial charge in [-0.15, -0.1) is 0 Å². The molecule has 0 saturated carbocycles. The van der Waals surface area contributed by atoms with Crippen LogP contribution in [0.2, 0.25) is 0 Å². The molecule has 0 aliphatic carbocycles. The molecule has 0 aromatic heterocycles. The summed E-state index contributed by atoms with van der Waals surface area (Å²) in [7, 11) is 0. The van der Waals surface area contributed by atoms with Crippen LogP contribution in [0.15, 0.2) is 48.5 Å². The molecular weight excluding hydrogens is 253 g/mol. The molecule has 0 bridgehead atoms. The van der Waals surface area contributed by atoms with Gasteiger partial charge in [0.1, 0.15) is 11.6 Å². The Morgan fingerprint density at radius 3 is 2.75 bits per heavy atom. The molecule has 3 heteroatoms. The van der Waals surface area contributed by atoms with E-state index in [0.29, 0.717) is 18.0 Å². The lowest BCUT2D eigenvalue weighted by molar-refractivity contribution is 0.319. The Balaban J connectivity index is 1.67. The van der Waals surface area contributed by atoms with Crippen molar-refractivity contribution < 1.29 is 9.50 Å². The summed E-state index contributed by atoms with van der Waals surface area (Å²) in [5.74, 6) is 0.415. The highest BCUT2D eigenvalue weighted by Gasteiger charge is 2.24. The van der Waals surface area contributed by atoms with Gasteiger partial charge in [-0.1, -0.05) is 30.3 Å². The summed E-state index contributed by atoms with van der Waals surface area (Å²) in [5, 5.41) is 9.78. The number of rotatable bonds is 3. The molecule has 2 aromatic carbocycles. The molecule has 1 saturated heterocycles. The third-order valence-electron chi connectivity index (χ3n) is 3.98. The molecule has 1 heterocycles. The van der Waals surface area contributed by atoms with E-state index in [0.717, 1.165) is 19.5 Å². The van der Waals surface area contributed by atoms with Crippen LogP contribution in [0.1, 0.15) is 23.5 Å². The second kappa shape index (κ2) is 5.63. The fourth-order valence-corrected chi connectivity index (χ4v) is 2.90. The van der Waals surface area contributed by atoms with Crippen molar-refractivity contribution in [3.8, 4) is 5.75 Å². The van der Waals surface area contributed by atoms with Gasteiger partial charge in [-0.05, 0) is 42.6 Å². The second-order valence-electron chi connectivity index (χ2n) is 5.40. The van der Waals surface area contributed by atoms with Crippen molar-refractivity contribution in [1.82, 2.24) is 4.90 Å². The Bertz CT molecular complexity index is 585. The number of aromatic hydroxyl groups is 1. The number of hydrogen-bond donors (Lipinski definition) is 1. The highest BCUT2D eigenvalue weighted by molar-refractivity contribution is 5.32. The summed E-state index contributed by atoms with van der Waals surface area (Å²) < 4.78 is 13.2. The van der Waals surface area contributed by atoms with Crippen molar-refractivity contribution in [2.24, 2.45) is 0 Å². The van der Waals surface area contributed by atoms with E-state index < -0.39 is 0 Å². The largest absolute Gasteiger partial charge is 0.508 e. The van der Waals surface area contributed by atoms with Gasteiger partial charge in [0, 0.05) is 18.7 Å². The first-order valence-corrected chi connectivity index (χ1v) is 6.97. The minimum Gasteiger partial charge on any atom is -0.508 e. The van der Waals surface area contributed by atoms with Crippen LogP contribution in [0.25, 0.3) is 0 Å². The Labute approximate surface area is 118 Å². The van der Waals surface area contributed by atoms with Crippen LogP contribution < -0.4 is 0 Å². The maximum atomic E-state index is 13.2. The molecule has 3 rings (SSSR count). The van der Waals surface area contributed by atoms with Crippen LogP contribution in [0, 0.1) is 5.82 Å². The summed E-state index contributed by atoms with van der Waals surface area (Å²) in [4.78, 5) is 2.27. The lowest BCUT2D eigenvalue weighted by Crippen LogP contribution is -2.19. The fourth-order valence-electron chi connectivity index (χ4n) is 2.90. The van der Waals surface area contributed by atoms with Crippen molar-refractivity contribution >= 4 is 0 Å². The first kappa shape index (κ1) is 13.1. The van der Waals surface area contributed by atoms with Gasteiger partial charge >= 0.3 is 0 Å². The highest BCUT2D eigenvalue weighted by atomic mass is 19.1. The Morgan fingerprint density at radius 2 is 1.95 bits per heavy atom. The number of phenolic OH excluding ortho intramolecular Hbond substituents is 1. The van der Waals surface area contributed by atoms with Crippen LogP contribution in [-0.2, 0) is 6.54 Å². The molecule has 0 radical (unpaired) electrons. The summed E-state index contributed by atoms with van der Waals surface area (Å²) in [6, 6.07) is 14.6. The van der Waals surface area contributed by atoms with Gasteiger partial charge in [-0.25, -0.2) is 4.39 Å². The number of likely N-dealkylation sites (tertiary alicyclic amines) is 1. The predicted molar refractivity (Wildman–Crippen MR) is 77.1 cm³/mol. The zero-order valence-electron chi connectivity index (χ0n) is 11.3. The van der Waals surface area contributed by atoms with Crippen LogP contribution in [-0.4, -0.2) is 23.1 Å². The molecule has 1 N–H and O–H groups in total. The fraction of sp³-hybridized carbons (Fsp3) is 0.294. The first-order valence-electron chi connectivity index (χ1n) is 6.97. The van der Waals surface area contributed by atoms with Crippen LogP contribution in [0.5, 0.6) is 5.75 Å². The topological polar surface area (TPSA) is 23.5 Å². The van der Waals surface area contributed by atoms with E-state index in [4.69, 9.17) is 0 Å². The molecule has 2 nitrogen and oxygen atoms in total. The lowest BCUT2D eigenvalue weighted by Gasteiger charge is -2.17. The van der Waals surface area contributed by atoms with Crippen molar-refractivity contribution in [2.45, 2.75) is 18.9 Å². The summed E-state index contributed by atoms with van der Waals surface area (Å²) in [6.07, 6.45) is 1.11. The van der Waals surface area contributed by atoms with E-state index in [1.807, 2.05) is 6.07 Å². The van der Waals surface area contributed by atoms with Crippen LogP contribution >= 0.6 is 0 Å². The van der Waals surface area contributed by atoms with Gasteiger partial charge in [0.25, 0.3) is 0 Å². The highest BCUT2D eigenvalue weighted by Crippen LogP contribution is 2.29. The Kier molecular flexibility index (Phi) is 3.70. The zero-order valence-corrected chi connectivity index (χ0v) is 11.3. The summed E-state index contributed by atoms with van der Waals surface area (Å²) in [6.45, 7) is 2.54. The van der Waals surface area contributed by atoms with E-state index in [-0.39, 0.29) is 11.6 Å². The molecule has 0 amide bonds. The number of benzene rings is 2. The van der Waals surface area contributed by atoms with Gasteiger partial charge in [0.05, 0.1) is 0 Å². The standard InChI is InChI=1S/C17H18FNO/c18-16-6-7-17(20)15(10-16)12-19-9-8-14(11-19)13-4-2-1-3-5-13/h1-7,10,14,20H,8-9,11-12H2. The zero-order chi connectivity index (χ0) is 13.9. The lowest BCUT2D eigenvalue weighted by atomic mass is 9.99. The van der Waals surface area contributed by atoms with Gasteiger partial charge < -0.3 is 5.11 Å². The third-order valence-corrected chi connectivity index (χ3v) is 3.98. The molecule has 1 aliphatic rings. The predicted octanol–water partition coefficient (Wildman–Crippen LogP) is 3.52. The molecule has 2 aromatic rings. The van der Waals surface area contributed by atoms with Crippen molar-refractivity contribution in [2.75, 3.05) is 13.1 Å².